The van der Waals surface area contributed by atoms with E-state index in [0.29, 0.717) is 13.1 Å². The van der Waals surface area contributed by atoms with Crippen molar-refractivity contribution in [3.63, 3.8) is 0 Å². The van der Waals surface area contributed by atoms with Gasteiger partial charge in [0, 0.05) is 45.2 Å². The zero-order valence-electron chi connectivity index (χ0n) is 16.2. The number of guanidine groups is 1. The van der Waals surface area contributed by atoms with E-state index >= 15 is 0 Å². The van der Waals surface area contributed by atoms with E-state index in [4.69, 9.17) is 0 Å². The molecule has 6 nitrogen and oxygen atoms in total. The molecular formula is C20H32IN5O. The summed E-state index contributed by atoms with van der Waals surface area (Å²) in [6, 6.07) is 8.71. The Morgan fingerprint density at radius 3 is 2.63 bits per heavy atom. The molecule has 1 heterocycles. The fourth-order valence-electron chi connectivity index (χ4n) is 3.25. The van der Waals surface area contributed by atoms with Crippen LogP contribution < -0.4 is 16.0 Å². The van der Waals surface area contributed by atoms with Crippen molar-refractivity contribution in [2.75, 3.05) is 39.3 Å². The number of fused-ring (bicyclic) bond motifs is 1. The molecule has 1 fully saturated rings. The lowest BCUT2D eigenvalue weighted by molar-refractivity contribution is -0.122. The topological polar surface area (TPSA) is 68.8 Å². The summed E-state index contributed by atoms with van der Waals surface area (Å²) in [7, 11) is 0. The molecule has 150 valence electrons. The molecule has 0 bridgehead atoms. The first kappa shape index (κ1) is 21.9. The maximum absolute atomic E-state index is 11.6. The van der Waals surface area contributed by atoms with Gasteiger partial charge in [-0.3, -0.25) is 14.7 Å². The number of rotatable bonds is 8. The number of nitrogens with zero attached hydrogens (tertiary/aromatic N) is 2. The highest BCUT2D eigenvalue weighted by molar-refractivity contribution is 14.0. The van der Waals surface area contributed by atoms with Gasteiger partial charge in [0.15, 0.2) is 5.96 Å². The minimum absolute atomic E-state index is 0. The van der Waals surface area contributed by atoms with E-state index < -0.39 is 0 Å². The van der Waals surface area contributed by atoms with Gasteiger partial charge in [-0.15, -0.1) is 24.0 Å². The average molecular weight is 485 g/mol. The molecule has 1 aliphatic carbocycles. The van der Waals surface area contributed by atoms with Crippen molar-refractivity contribution in [3.8, 4) is 0 Å². The van der Waals surface area contributed by atoms with Gasteiger partial charge in [0.05, 0.1) is 6.54 Å². The van der Waals surface area contributed by atoms with Gasteiger partial charge < -0.3 is 16.0 Å². The SMILES string of the molecule is CCNC(=NCCN1CCc2ccccc2C1)NCCNC(=O)C1CC1.I. The smallest absolute Gasteiger partial charge is 0.223 e. The normalized spacial score (nSPS) is 16.9. The second-order valence-electron chi connectivity index (χ2n) is 7.05. The van der Waals surface area contributed by atoms with Crippen molar-refractivity contribution in [3.05, 3.63) is 35.4 Å². The Hall–Kier alpha value is -1.35. The minimum Gasteiger partial charge on any atom is -0.357 e. The third kappa shape index (κ3) is 7.29. The van der Waals surface area contributed by atoms with E-state index in [1.54, 1.807) is 0 Å². The second-order valence-corrected chi connectivity index (χ2v) is 7.05. The zero-order chi connectivity index (χ0) is 18.2. The van der Waals surface area contributed by atoms with Crippen LogP contribution in [0, 0.1) is 5.92 Å². The lowest BCUT2D eigenvalue weighted by Gasteiger charge is -2.28. The third-order valence-corrected chi connectivity index (χ3v) is 4.90. The fraction of sp³-hybridized carbons (Fsp3) is 0.600. The number of carbonyl (C=O) groups is 1. The van der Waals surface area contributed by atoms with Crippen LogP contribution in [0.25, 0.3) is 0 Å². The summed E-state index contributed by atoms with van der Waals surface area (Å²) >= 11 is 0. The molecule has 0 unspecified atom stereocenters. The molecular weight excluding hydrogens is 453 g/mol. The summed E-state index contributed by atoms with van der Waals surface area (Å²) in [6.45, 7) is 8.08. The maximum Gasteiger partial charge on any atom is 0.223 e. The Morgan fingerprint density at radius 2 is 1.89 bits per heavy atom. The zero-order valence-corrected chi connectivity index (χ0v) is 18.5. The summed E-state index contributed by atoms with van der Waals surface area (Å²) in [5, 5.41) is 9.53. The van der Waals surface area contributed by atoms with Crippen molar-refractivity contribution in [1.82, 2.24) is 20.9 Å². The standard InChI is InChI=1S/C20H31N5O.HI/c1-2-21-20(23-11-10-22-19(26)17-7-8-17)24-12-14-25-13-9-16-5-3-4-6-18(16)15-25;/h3-6,17H,2,7-15H2,1H3,(H,22,26)(H2,21,23,24);1H. The van der Waals surface area contributed by atoms with Crippen LogP contribution in [0.2, 0.25) is 0 Å². The Bertz CT molecular complexity index is 633. The van der Waals surface area contributed by atoms with Gasteiger partial charge in [-0.25, -0.2) is 0 Å². The molecule has 0 atom stereocenters. The number of benzene rings is 1. The summed E-state index contributed by atoms with van der Waals surface area (Å²) in [5.41, 5.74) is 2.93. The molecule has 3 rings (SSSR count). The van der Waals surface area contributed by atoms with Gasteiger partial charge in [-0.1, -0.05) is 24.3 Å². The molecule has 1 aromatic rings. The Morgan fingerprint density at radius 1 is 1.15 bits per heavy atom. The minimum atomic E-state index is 0. The molecule has 0 spiro atoms. The predicted molar refractivity (Wildman–Crippen MR) is 121 cm³/mol. The van der Waals surface area contributed by atoms with Gasteiger partial charge in [0.2, 0.25) is 5.91 Å². The quantitative estimate of drug-likeness (QED) is 0.227. The van der Waals surface area contributed by atoms with E-state index in [2.05, 4.69) is 57.0 Å². The van der Waals surface area contributed by atoms with E-state index in [1.165, 1.54) is 11.1 Å². The molecule has 1 amide bonds. The van der Waals surface area contributed by atoms with Crippen molar-refractivity contribution >= 4 is 35.8 Å². The van der Waals surface area contributed by atoms with Crippen LogP contribution in [0.5, 0.6) is 0 Å². The number of nitrogens with one attached hydrogen (secondary N) is 3. The molecule has 7 heteroatoms. The largest absolute Gasteiger partial charge is 0.357 e. The van der Waals surface area contributed by atoms with E-state index in [-0.39, 0.29) is 35.8 Å². The lowest BCUT2D eigenvalue weighted by atomic mass is 10.0. The van der Waals surface area contributed by atoms with Crippen LogP contribution in [-0.4, -0.2) is 56.0 Å². The van der Waals surface area contributed by atoms with Crippen LogP contribution in [0.4, 0.5) is 0 Å². The number of halogens is 1. The summed E-state index contributed by atoms with van der Waals surface area (Å²) < 4.78 is 0. The number of amides is 1. The number of carbonyl (C=O) groups excluding carboxylic acids is 1. The van der Waals surface area contributed by atoms with Crippen LogP contribution in [-0.2, 0) is 17.8 Å². The highest BCUT2D eigenvalue weighted by atomic mass is 127. The molecule has 27 heavy (non-hydrogen) atoms. The number of hydrogen-bond acceptors (Lipinski definition) is 3. The lowest BCUT2D eigenvalue weighted by Crippen LogP contribution is -2.42. The van der Waals surface area contributed by atoms with Gasteiger partial charge in [-0.2, -0.15) is 0 Å². The predicted octanol–water partition coefficient (Wildman–Crippen LogP) is 1.74. The van der Waals surface area contributed by atoms with Crippen LogP contribution >= 0.6 is 24.0 Å². The Labute approximate surface area is 179 Å². The molecule has 0 saturated heterocycles. The van der Waals surface area contributed by atoms with E-state index in [0.717, 1.165) is 57.9 Å². The highest BCUT2D eigenvalue weighted by Gasteiger charge is 2.28. The Balaban J connectivity index is 0.00000261. The van der Waals surface area contributed by atoms with E-state index in [1.807, 2.05) is 0 Å². The molecule has 0 aromatic heterocycles. The molecule has 1 aromatic carbocycles. The molecule has 1 aliphatic heterocycles. The van der Waals surface area contributed by atoms with Gasteiger partial charge in [-0.05, 0) is 37.3 Å². The molecule has 1 saturated carbocycles. The monoisotopic (exact) mass is 485 g/mol. The molecule has 0 radical (unpaired) electrons. The number of hydrogen-bond donors (Lipinski definition) is 3. The summed E-state index contributed by atoms with van der Waals surface area (Å²) in [4.78, 5) is 18.8. The van der Waals surface area contributed by atoms with Crippen molar-refractivity contribution in [2.24, 2.45) is 10.9 Å². The third-order valence-electron chi connectivity index (χ3n) is 4.90. The van der Waals surface area contributed by atoms with Crippen molar-refractivity contribution in [1.29, 1.82) is 0 Å². The Kier molecular flexibility index (Phi) is 9.33. The summed E-state index contributed by atoms with van der Waals surface area (Å²) in [5.74, 6) is 1.29. The van der Waals surface area contributed by atoms with Gasteiger partial charge in [0.25, 0.3) is 0 Å². The van der Waals surface area contributed by atoms with Crippen molar-refractivity contribution in [2.45, 2.75) is 32.7 Å². The second kappa shape index (κ2) is 11.5. The highest BCUT2D eigenvalue weighted by Crippen LogP contribution is 2.28. The first-order valence-electron chi connectivity index (χ1n) is 9.85. The fourth-order valence-corrected chi connectivity index (χ4v) is 3.25. The summed E-state index contributed by atoms with van der Waals surface area (Å²) in [6.07, 6.45) is 3.22. The van der Waals surface area contributed by atoms with E-state index in [9.17, 15) is 4.79 Å². The van der Waals surface area contributed by atoms with Crippen molar-refractivity contribution < 1.29 is 4.79 Å². The van der Waals surface area contributed by atoms with Gasteiger partial charge >= 0.3 is 0 Å². The molecule has 3 N–H and O–H groups in total. The average Bonchev–Trinajstić information content (AvgIpc) is 3.50. The maximum atomic E-state index is 11.6. The van der Waals surface area contributed by atoms with Crippen LogP contribution in [0.3, 0.4) is 0 Å². The van der Waals surface area contributed by atoms with Gasteiger partial charge in [0.1, 0.15) is 0 Å². The first-order valence-corrected chi connectivity index (χ1v) is 9.85. The first-order chi connectivity index (χ1) is 12.8. The number of aliphatic imine (C=N–C) groups is 1. The van der Waals surface area contributed by atoms with Crippen LogP contribution in [0.1, 0.15) is 30.9 Å². The molecule has 2 aliphatic rings. The van der Waals surface area contributed by atoms with Crippen LogP contribution in [0.15, 0.2) is 29.3 Å².